The van der Waals surface area contributed by atoms with Crippen LogP contribution in [-0.2, 0) is 4.79 Å². The number of anilines is 1. The van der Waals surface area contributed by atoms with Crippen LogP contribution in [0.4, 0.5) is 5.69 Å². The van der Waals surface area contributed by atoms with E-state index in [0.717, 1.165) is 5.75 Å². The van der Waals surface area contributed by atoms with E-state index in [4.69, 9.17) is 4.74 Å². The van der Waals surface area contributed by atoms with Gasteiger partial charge < -0.3 is 15.4 Å². The molecule has 0 bridgehead atoms. The number of carbonyl (C=O) groups is 2. The third-order valence-corrected chi connectivity index (χ3v) is 5.54. The minimum atomic E-state index is -0.238. The first-order valence-electron chi connectivity index (χ1n) is 10.3. The van der Waals surface area contributed by atoms with Gasteiger partial charge in [0.05, 0.1) is 23.7 Å². The Bertz CT molecular complexity index is 930. The van der Waals surface area contributed by atoms with Gasteiger partial charge in [-0.25, -0.2) is 0 Å². The molecule has 1 saturated carbocycles. The summed E-state index contributed by atoms with van der Waals surface area (Å²) in [5, 5.41) is 5.82. The zero-order valence-electron chi connectivity index (χ0n) is 18.1. The fraction of sp³-hybridized carbons (Fsp3) is 0.360. The molecule has 2 aromatic carbocycles. The molecule has 2 atom stereocenters. The van der Waals surface area contributed by atoms with E-state index in [0.29, 0.717) is 24.4 Å². The van der Waals surface area contributed by atoms with Gasteiger partial charge in [0.25, 0.3) is 5.91 Å². The second-order valence-electron chi connectivity index (χ2n) is 8.52. The maximum Gasteiger partial charge on any atom is 0.253 e. The number of hydrogen-bond donors (Lipinski definition) is 2. The predicted octanol–water partition coefficient (Wildman–Crippen LogP) is 4.67. The molecule has 158 valence electrons. The maximum absolute atomic E-state index is 12.9. The average Bonchev–Trinajstić information content (AvgIpc) is 3.25. The van der Waals surface area contributed by atoms with E-state index in [1.54, 1.807) is 18.2 Å². The van der Waals surface area contributed by atoms with Crippen LogP contribution in [0.5, 0.6) is 5.75 Å². The van der Waals surface area contributed by atoms with Crippen molar-refractivity contribution >= 4 is 17.5 Å². The van der Waals surface area contributed by atoms with E-state index in [9.17, 15) is 9.59 Å². The first-order chi connectivity index (χ1) is 14.3. The zero-order valence-corrected chi connectivity index (χ0v) is 18.1. The SMILES string of the molecule is CC(C)=C[C@@H]1[C@H](C(=O)Nc2ccccc2C(=O)NCCOc2ccccc2)C1(C)C. The van der Waals surface area contributed by atoms with E-state index >= 15 is 0 Å². The summed E-state index contributed by atoms with van der Waals surface area (Å²) >= 11 is 0. The summed E-state index contributed by atoms with van der Waals surface area (Å²) in [5.41, 5.74) is 2.11. The van der Waals surface area contributed by atoms with Crippen molar-refractivity contribution in [2.45, 2.75) is 27.7 Å². The van der Waals surface area contributed by atoms with Crippen LogP contribution >= 0.6 is 0 Å². The van der Waals surface area contributed by atoms with Gasteiger partial charge in [-0.15, -0.1) is 0 Å². The molecule has 1 aliphatic carbocycles. The summed E-state index contributed by atoms with van der Waals surface area (Å²) in [5.74, 6) is 0.604. The Hall–Kier alpha value is -3.08. The van der Waals surface area contributed by atoms with Crippen LogP contribution in [0.2, 0.25) is 0 Å². The van der Waals surface area contributed by atoms with Gasteiger partial charge in [0.2, 0.25) is 5.91 Å². The Morgan fingerprint density at radius 1 is 1.03 bits per heavy atom. The lowest BCUT2D eigenvalue weighted by Crippen LogP contribution is -2.29. The number of carbonyl (C=O) groups excluding carboxylic acids is 2. The lowest BCUT2D eigenvalue weighted by Gasteiger charge is -2.12. The molecule has 0 spiro atoms. The van der Waals surface area contributed by atoms with Gasteiger partial charge in [0, 0.05) is 0 Å². The van der Waals surface area contributed by atoms with Gasteiger partial charge in [-0.3, -0.25) is 9.59 Å². The Labute approximate surface area is 178 Å². The summed E-state index contributed by atoms with van der Waals surface area (Å²) in [4.78, 5) is 25.5. The van der Waals surface area contributed by atoms with E-state index < -0.39 is 0 Å². The Kier molecular flexibility index (Phi) is 6.60. The number of rotatable bonds is 8. The van der Waals surface area contributed by atoms with Crippen molar-refractivity contribution in [1.29, 1.82) is 0 Å². The molecule has 1 aliphatic rings. The molecule has 2 amide bonds. The standard InChI is InChI=1S/C25H30N2O3/c1-17(2)16-20-22(25(20,3)4)24(29)27-21-13-9-8-12-19(21)23(28)26-14-15-30-18-10-6-5-7-11-18/h5-13,16,20,22H,14-15H2,1-4H3,(H,26,28)(H,27,29)/t20-,22-/m1/s1. The molecule has 0 unspecified atom stereocenters. The van der Waals surface area contributed by atoms with E-state index in [1.165, 1.54) is 5.57 Å². The number of allylic oxidation sites excluding steroid dienone is 2. The summed E-state index contributed by atoms with van der Waals surface area (Å²) in [6.45, 7) is 9.04. The first-order valence-corrected chi connectivity index (χ1v) is 10.3. The molecule has 1 fully saturated rings. The van der Waals surface area contributed by atoms with Gasteiger partial charge in [-0.2, -0.15) is 0 Å². The fourth-order valence-electron chi connectivity index (χ4n) is 3.79. The highest BCUT2D eigenvalue weighted by Gasteiger charge is 2.60. The minimum Gasteiger partial charge on any atom is -0.492 e. The smallest absolute Gasteiger partial charge is 0.253 e. The molecular weight excluding hydrogens is 376 g/mol. The quantitative estimate of drug-likeness (QED) is 0.494. The summed E-state index contributed by atoms with van der Waals surface area (Å²) in [6.07, 6.45) is 2.16. The summed E-state index contributed by atoms with van der Waals surface area (Å²) in [7, 11) is 0. The van der Waals surface area contributed by atoms with Crippen LogP contribution in [0.15, 0.2) is 66.2 Å². The van der Waals surface area contributed by atoms with Crippen LogP contribution in [0.25, 0.3) is 0 Å². The third-order valence-electron chi connectivity index (χ3n) is 5.54. The molecule has 2 aromatic rings. The lowest BCUT2D eigenvalue weighted by molar-refractivity contribution is -0.118. The van der Waals surface area contributed by atoms with Crippen molar-refractivity contribution in [2.75, 3.05) is 18.5 Å². The molecule has 5 nitrogen and oxygen atoms in total. The van der Waals surface area contributed by atoms with Gasteiger partial charge >= 0.3 is 0 Å². The number of benzene rings is 2. The van der Waals surface area contributed by atoms with Gasteiger partial charge in [-0.1, -0.05) is 55.8 Å². The van der Waals surface area contributed by atoms with Crippen molar-refractivity contribution in [1.82, 2.24) is 5.32 Å². The molecule has 0 heterocycles. The van der Waals surface area contributed by atoms with Crippen LogP contribution in [0.3, 0.4) is 0 Å². The summed E-state index contributed by atoms with van der Waals surface area (Å²) < 4.78 is 5.60. The highest BCUT2D eigenvalue weighted by atomic mass is 16.5. The fourth-order valence-corrected chi connectivity index (χ4v) is 3.79. The van der Waals surface area contributed by atoms with E-state index in [1.807, 2.05) is 50.2 Å². The van der Waals surface area contributed by atoms with Crippen molar-refractivity contribution in [3.63, 3.8) is 0 Å². The molecule has 0 aliphatic heterocycles. The number of para-hydroxylation sites is 2. The number of hydrogen-bond acceptors (Lipinski definition) is 3. The predicted molar refractivity (Wildman–Crippen MR) is 120 cm³/mol. The van der Waals surface area contributed by atoms with Crippen LogP contribution < -0.4 is 15.4 Å². The topological polar surface area (TPSA) is 67.4 Å². The first kappa shape index (κ1) is 21.6. The molecule has 2 N–H and O–H groups in total. The van der Waals surface area contributed by atoms with E-state index in [-0.39, 0.29) is 29.1 Å². The summed E-state index contributed by atoms with van der Waals surface area (Å²) in [6, 6.07) is 16.5. The molecule has 0 radical (unpaired) electrons. The molecule has 30 heavy (non-hydrogen) atoms. The average molecular weight is 407 g/mol. The minimum absolute atomic E-state index is 0.0461. The molecule has 3 rings (SSSR count). The van der Waals surface area contributed by atoms with Crippen LogP contribution in [-0.4, -0.2) is 25.0 Å². The van der Waals surface area contributed by atoms with Crippen molar-refractivity contribution in [3.05, 3.63) is 71.8 Å². The highest BCUT2D eigenvalue weighted by molar-refractivity contribution is 6.05. The van der Waals surface area contributed by atoms with Crippen molar-refractivity contribution in [2.24, 2.45) is 17.3 Å². The number of amides is 2. The second kappa shape index (κ2) is 9.16. The zero-order chi connectivity index (χ0) is 21.7. The second-order valence-corrected chi connectivity index (χ2v) is 8.52. The van der Waals surface area contributed by atoms with Gasteiger partial charge in [-0.05, 0) is 49.4 Å². The monoisotopic (exact) mass is 406 g/mol. The maximum atomic E-state index is 12.9. The Balaban J connectivity index is 1.58. The molecule has 0 aromatic heterocycles. The third kappa shape index (κ3) is 5.09. The number of ether oxygens (including phenoxy) is 1. The Morgan fingerprint density at radius 3 is 2.40 bits per heavy atom. The van der Waals surface area contributed by atoms with Crippen molar-refractivity contribution in [3.8, 4) is 5.75 Å². The Morgan fingerprint density at radius 2 is 1.70 bits per heavy atom. The highest BCUT2D eigenvalue weighted by Crippen LogP contribution is 2.59. The molecule has 5 heteroatoms. The van der Waals surface area contributed by atoms with Gasteiger partial charge in [0.1, 0.15) is 12.4 Å². The normalized spacial score (nSPS) is 18.8. The van der Waals surface area contributed by atoms with E-state index in [2.05, 4.69) is 30.6 Å². The van der Waals surface area contributed by atoms with Crippen LogP contribution in [0, 0.1) is 17.3 Å². The van der Waals surface area contributed by atoms with Gasteiger partial charge in [0.15, 0.2) is 0 Å². The van der Waals surface area contributed by atoms with Crippen molar-refractivity contribution < 1.29 is 14.3 Å². The largest absolute Gasteiger partial charge is 0.492 e. The van der Waals surface area contributed by atoms with Crippen LogP contribution in [0.1, 0.15) is 38.1 Å². The molecular formula is C25H30N2O3. The lowest BCUT2D eigenvalue weighted by atomic mass is 10.1. The molecule has 0 saturated heterocycles. The number of nitrogens with one attached hydrogen (secondary N) is 2.